The number of benzene rings is 2. The number of ether oxygens (including phenoxy) is 1. The fraction of sp³-hybridized carbons (Fsp3) is 0.333. The molecule has 8 heteroatoms. The molecule has 0 saturated heterocycles. The Balaban J connectivity index is 2.06. The Morgan fingerprint density at radius 3 is 2.31 bits per heavy atom. The lowest BCUT2D eigenvalue weighted by atomic mass is 10.0. The summed E-state index contributed by atoms with van der Waals surface area (Å²) in [7, 11) is 1.27. The van der Waals surface area contributed by atoms with Gasteiger partial charge in [0.05, 0.1) is 5.56 Å². The normalized spacial score (nSPS) is 11.1. The molecule has 0 aliphatic heterocycles. The zero-order valence-corrected chi connectivity index (χ0v) is 17.5. The van der Waals surface area contributed by atoms with Crippen molar-refractivity contribution in [3.63, 3.8) is 0 Å². The van der Waals surface area contributed by atoms with Crippen molar-refractivity contribution in [2.75, 3.05) is 18.9 Å². The predicted octanol–water partition coefficient (Wildman–Crippen LogP) is 5.16. The Hall–Kier alpha value is -2.61. The number of rotatable bonds is 5. The number of hydrogen-bond acceptors (Lipinski definition) is 3. The number of alkyl halides is 3. The average Bonchev–Trinajstić information content (AvgIpc) is 2.62. The van der Waals surface area contributed by atoms with Crippen LogP contribution in [0.15, 0.2) is 36.4 Å². The summed E-state index contributed by atoms with van der Waals surface area (Å²) in [4.78, 5) is 13.4. The number of carbonyl (C=O) groups is 1. The van der Waals surface area contributed by atoms with Crippen LogP contribution >= 0.6 is 12.2 Å². The van der Waals surface area contributed by atoms with Crippen molar-refractivity contribution < 1.29 is 22.7 Å². The van der Waals surface area contributed by atoms with Gasteiger partial charge in [-0.25, -0.2) is 4.79 Å². The quantitative estimate of drug-likeness (QED) is 0.530. The summed E-state index contributed by atoms with van der Waals surface area (Å²) < 4.78 is 43.0. The van der Waals surface area contributed by atoms with E-state index in [1.807, 2.05) is 31.2 Å². The fourth-order valence-electron chi connectivity index (χ4n) is 2.63. The summed E-state index contributed by atoms with van der Waals surface area (Å²) in [5, 5.41) is 2.75. The van der Waals surface area contributed by atoms with E-state index >= 15 is 0 Å². The van der Waals surface area contributed by atoms with Crippen molar-refractivity contribution in [1.29, 1.82) is 0 Å². The summed E-state index contributed by atoms with van der Waals surface area (Å²) in [6.45, 7) is 4.45. The van der Waals surface area contributed by atoms with Crippen LogP contribution in [0.4, 0.5) is 18.9 Å². The maximum Gasteiger partial charge on any atom is 0.405 e. The van der Waals surface area contributed by atoms with E-state index in [9.17, 15) is 18.0 Å². The number of anilines is 1. The number of nitrogens with zero attached hydrogens (tertiary/aromatic N) is 1. The first-order valence-electron chi connectivity index (χ1n) is 8.89. The lowest BCUT2D eigenvalue weighted by molar-refractivity contribution is -0.135. The van der Waals surface area contributed by atoms with Crippen molar-refractivity contribution in [3.8, 4) is 0 Å². The van der Waals surface area contributed by atoms with E-state index in [1.165, 1.54) is 7.05 Å². The second kappa shape index (κ2) is 9.26. The average molecular weight is 424 g/mol. The summed E-state index contributed by atoms with van der Waals surface area (Å²) in [5.74, 6) is -0.463. The smallest absolute Gasteiger partial charge is 0.405 e. The monoisotopic (exact) mass is 424 g/mol. The molecular weight excluding hydrogens is 401 g/mol. The molecule has 0 amide bonds. The van der Waals surface area contributed by atoms with Crippen molar-refractivity contribution in [1.82, 2.24) is 4.90 Å². The molecule has 0 aliphatic carbocycles. The standard InChI is InChI=1S/C21H23F3N2O2S/c1-13-5-7-16(8-6-13)11-28-19(27)17-9-15(3)18(10-14(17)2)25-20(29)26(4)12-21(22,23)24/h5-10H,11-12H2,1-4H3,(H,25,29). The van der Waals surface area contributed by atoms with Crippen LogP contribution < -0.4 is 5.32 Å². The summed E-state index contributed by atoms with van der Waals surface area (Å²) in [5.41, 5.74) is 4.24. The number of esters is 1. The Morgan fingerprint density at radius 2 is 1.72 bits per heavy atom. The number of nitrogens with one attached hydrogen (secondary N) is 1. The summed E-state index contributed by atoms with van der Waals surface area (Å²) in [6.07, 6.45) is -4.35. The number of aryl methyl sites for hydroxylation is 3. The third-order valence-electron chi connectivity index (χ3n) is 4.29. The van der Waals surface area contributed by atoms with Crippen LogP contribution in [0.25, 0.3) is 0 Å². The van der Waals surface area contributed by atoms with E-state index < -0.39 is 18.7 Å². The zero-order chi connectivity index (χ0) is 21.8. The second-order valence-corrected chi connectivity index (χ2v) is 7.33. The molecule has 156 valence electrons. The molecule has 0 fully saturated rings. The molecule has 2 aromatic rings. The largest absolute Gasteiger partial charge is 0.457 e. The van der Waals surface area contributed by atoms with E-state index in [2.05, 4.69) is 5.32 Å². The van der Waals surface area contributed by atoms with E-state index in [4.69, 9.17) is 17.0 Å². The van der Waals surface area contributed by atoms with Crippen LogP contribution in [0, 0.1) is 20.8 Å². The third-order valence-corrected chi connectivity index (χ3v) is 4.70. The van der Waals surface area contributed by atoms with Gasteiger partial charge in [0.2, 0.25) is 0 Å². The molecule has 0 unspecified atom stereocenters. The SMILES string of the molecule is Cc1ccc(COC(=O)c2cc(C)c(NC(=S)N(C)CC(F)(F)F)cc2C)cc1. The van der Waals surface area contributed by atoms with Crippen LogP contribution in [0.5, 0.6) is 0 Å². The summed E-state index contributed by atoms with van der Waals surface area (Å²) in [6, 6.07) is 11.0. The van der Waals surface area contributed by atoms with E-state index in [-0.39, 0.29) is 11.7 Å². The fourth-order valence-corrected chi connectivity index (χ4v) is 2.81. The van der Waals surface area contributed by atoms with Crippen molar-refractivity contribution in [3.05, 3.63) is 64.2 Å². The molecule has 2 aromatic carbocycles. The highest BCUT2D eigenvalue weighted by molar-refractivity contribution is 7.80. The molecule has 0 aromatic heterocycles. The van der Waals surface area contributed by atoms with Crippen molar-refractivity contribution in [2.45, 2.75) is 33.6 Å². The predicted molar refractivity (Wildman–Crippen MR) is 111 cm³/mol. The van der Waals surface area contributed by atoms with Gasteiger partial charge in [-0.1, -0.05) is 29.8 Å². The number of halogens is 3. The van der Waals surface area contributed by atoms with Gasteiger partial charge in [-0.15, -0.1) is 0 Å². The van der Waals surface area contributed by atoms with Gasteiger partial charge in [0, 0.05) is 12.7 Å². The van der Waals surface area contributed by atoms with Crippen LogP contribution in [-0.4, -0.2) is 35.8 Å². The zero-order valence-electron chi connectivity index (χ0n) is 16.7. The third kappa shape index (κ3) is 6.74. The van der Waals surface area contributed by atoms with Crippen LogP contribution in [-0.2, 0) is 11.3 Å². The first-order chi connectivity index (χ1) is 13.5. The topological polar surface area (TPSA) is 41.6 Å². The van der Waals surface area contributed by atoms with Gasteiger partial charge < -0.3 is 15.0 Å². The molecule has 29 heavy (non-hydrogen) atoms. The maximum absolute atomic E-state index is 12.5. The molecule has 2 rings (SSSR count). The molecule has 0 spiro atoms. The first-order valence-corrected chi connectivity index (χ1v) is 9.30. The van der Waals surface area contributed by atoms with Crippen LogP contribution in [0.1, 0.15) is 32.6 Å². The van der Waals surface area contributed by atoms with Gasteiger partial charge in [0.25, 0.3) is 0 Å². The van der Waals surface area contributed by atoms with Gasteiger partial charge in [-0.05, 0) is 61.8 Å². The molecule has 1 N–H and O–H groups in total. The van der Waals surface area contributed by atoms with Gasteiger partial charge in [0.15, 0.2) is 5.11 Å². The number of carbonyl (C=O) groups excluding carboxylic acids is 1. The second-order valence-electron chi connectivity index (χ2n) is 6.95. The van der Waals surface area contributed by atoms with Gasteiger partial charge in [-0.3, -0.25) is 0 Å². The molecule has 0 aliphatic rings. The minimum absolute atomic E-state index is 0.0560. The maximum atomic E-state index is 12.5. The Morgan fingerprint density at radius 1 is 1.10 bits per heavy atom. The van der Waals surface area contributed by atoms with Crippen LogP contribution in [0.3, 0.4) is 0 Å². The lowest BCUT2D eigenvalue weighted by Crippen LogP contribution is -2.38. The summed E-state index contributed by atoms with van der Waals surface area (Å²) >= 11 is 5.04. The number of hydrogen-bond donors (Lipinski definition) is 1. The van der Waals surface area contributed by atoms with E-state index in [0.29, 0.717) is 22.4 Å². The molecule has 0 atom stereocenters. The van der Waals surface area contributed by atoms with E-state index in [0.717, 1.165) is 16.0 Å². The highest BCUT2D eigenvalue weighted by atomic mass is 32.1. The number of thiocarbonyl (C=S) groups is 1. The molecule has 0 saturated carbocycles. The Bertz CT molecular complexity index is 896. The Kier molecular flexibility index (Phi) is 7.24. The van der Waals surface area contributed by atoms with Crippen LogP contribution in [0.2, 0.25) is 0 Å². The highest BCUT2D eigenvalue weighted by Crippen LogP contribution is 2.23. The first kappa shape index (κ1) is 22.7. The minimum Gasteiger partial charge on any atom is -0.457 e. The van der Waals surface area contributed by atoms with Gasteiger partial charge >= 0.3 is 12.1 Å². The lowest BCUT2D eigenvalue weighted by Gasteiger charge is -2.23. The molecular formula is C21H23F3N2O2S. The molecule has 0 bridgehead atoms. The Labute approximate surface area is 173 Å². The highest BCUT2D eigenvalue weighted by Gasteiger charge is 2.30. The molecule has 4 nitrogen and oxygen atoms in total. The van der Waals surface area contributed by atoms with Crippen molar-refractivity contribution in [2.24, 2.45) is 0 Å². The van der Waals surface area contributed by atoms with E-state index in [1.54, 1.807) is 26.0 Å². The van der Waals surface area contributed by atoms with Crippen molar-refractivity contribution >= 4 is 29.0 Å². The van der Waals surface area contributed by atoms with Gasteiger partial charge in [0.1, 0.15) is 13.2 Å². The minimum atomic E-state index is -4.35. The van der Waals surface area contributed by atoms with Gasteiger partial charge in [-0.2, -0.15) is 13.2 Å². The molecule has 0 radical (unpaired) electrons. The molecule has 0 heterocycles.